The van der Waals surface area contributed by atoms with Crippen molar-refractivity contribution in [1.82, 2.24) is 4.98 Å². The summed E-state index contributed by atoms with van der Waals surface area (Å²) in [5.74, 6) is 0. The molecule has 44 heavy (non-hydrogen) atoms. The number of rotatable bonds is 12. The van der Waals surface area contributed by atoms with Crippen LogP contribution in [0.4, 0.5) is 0 Å². The second-order valence-electron chi connectivity index (χ2n) is 13.1. The first-order valence-electron chi connectivity index (χ1n) is 15.4. The van der Waals surface area contributed by atoms with E-state index in [0.717, 1.165) is 29.7 Å². The van der Waals surface area contributed by atoms with Crippen LogP contribution in [0.2, 0.25) is 18.1 Å². The molecular formula is C38H49BrNOPSSi. The zero-order chi connectivity index (χ0) is 31.1. The highest BCUT2D eigenvalue weighted by Crippen LogP contribution is 2.56. The molecule has 2 nitrogen and oxygen atoms in total. The van der Waals surface area contributed by atoms with Crippen LogP contribution in [0.25, 0.3) is 6.08 Å². The van der Waals surface area contributed by atoms with Gasteiger partial charge in [0.15, 0.2) is 8.32 Å². The van der Waals surface area contributed by atoms with Crippen molar-refractivity contribution in [3.8, 4) is 0 Å². The smallest absolute Gasteiger partial charge is 0.192 e. The fourth-order valence-corrected chi connectivity index (χ4v) is 11.6. The SMILES string of the molecule is C/C(=C/C[C@H](O[Si](C)(C)C(C)(C)C)/C(C)=C/c1csc(C)n1)CC[P+](c1ccccc1)(c1ccccc1)c1ccccc1.[Br-]. The van der Waals surface area contributed by atoms with Crippen molar-refractivity contribution in [2.45, 2.75) is 78.6 Å². The van der Waals surface area contributed by atoms with Gasteiger partial charge in [-0.3, -0.25) is 0 Å². The Balaban J connectivity index is 0.00000529. The molecule has 0 saturated carbocycles. The van der Waals surface area contributed by atoms with Crippen LogP contribution >= 0.6 is 18.6 Å². The maximum Gasteiger partial charge on any atom is 0.192 e. The van der Waals surface area contributed by atoms with Crippen LogP contribution in [0, 0.1) is 6.92 Å². The first-order chi connectivity index (χ1) is 20.4. The predicted molar refractivity (Wildman–Crippen MR) is 196 cm³/mol. The van der Waals surface area contributed by atoms with Gasteiger partial charge in [-0.2, -0.15) is 0 Å². The fraction of sp³-hybridized carbons (Fsp3) is 0.342. The molecule has 0 saturated heterocycles. The van der Waals surface area contributed by atoms with Crippen molar-refractivity contribution in [3.05, 3.63) is 124 Å². The van der Waals surface area contributed by atoms with Crippen LogP contribution in [-0.4, -0.2) is 25.6 Å². The lowest BCUT2D eigenvalue weighted by Crippen LogP contribution is -3.00. The molecule has 3 aromatic carbocycles. The number of hydrogen-bond donors (Lipinski definition) is 0. The second kappa shape index (κ2) is 15.9. The summed E-state index contributed by atoms with van der Waals surface area (Å²) in [6.45, 7) is 18.3. The third-order valence-electron chi connectivity index (χ3n) is 8.88. The molecule has 0 unspecified atom stereocenters. The molecule has 0 aliphatic carbocycles. The number of benzene rings is 3. The average molecular weight is 707 g/mol. The monoisotopic (exact) mass is 705 g/mol. The van der Waals surface area contributed by atoms with E-state index < -0.39 is 15.6 Å². The quantitative estimate of drug-likeness (QED) is 0.0903. The van der Waals surface area contributed by atoms with Gasteiger partial charge in [0, 0.05) is 11.8 Å². The first kappa shape index (κ1) is 36.3. The number of aryl methyl sites for hydroxylation is 1. The van der Waals surface area contributed by atoms with Crippen molar-refractivity contribution >= 4 is 48.9 Å². The molecule has 1 atom stereocenters. The zero-order valence-corrected chi connectivity index (χ0v) is 32.0. The summed E-state index contributed by atoms with van der Waals surface area (Å²) in [4.78, 5) is 4.70. The van der Waals surface area contributed by atoms with Gasteiger partial charge in [0.05, 0.1) is 23.0 Å². The molecule has 0 bridgehead atoms. The van der Waals surface area contributed by atoms with E-state index in [9.17, 15) is 0 Å². The molecule has 0 aliphatic heterocycles. The number of halogens is 1. The molecule has 0 amide bonds. The average Bonchev–Trinajstić information content (AvgIpc) is 3.40. The highest BCUT2D eigenvalue weighted by molar-refractivity contribution is 7.95. The van der Waals surface area contributed by atoms with E-state index in [1.165, 1.54) is 27.1 Å². The van der Waals surface area contributed by atoms with Gasteiger partial charge < -0.3 is 21.4 Å². The summed E-state index contributed by atoms with van der Waals surface area (Å²) >= 11 is 1.70. The molecule has 1 aromatic heterocycles. The van der Waals surface area contributed by atoms with Crippen molar-refractivity contribution in [2.75, 3.05) is 6.16 Å². The Kier molecular flexibility index (Phi) is 13.1. The van der Waals surface area contributed by atoms with Crippen LogP contribution in [0.5, 0.6) is 0 Å². The van der Waals surface area contributed by atoms with E-state index in [4.69, 9.17) is 9.41 Å². The lowest BCUT2D eigenvalue weighted by atomic mass is 10.1. The van der Waals surface area contributed by atoms with Crippen molar-refractivity contribution in [1.29, 1.82) is 0 Å². The van der Waals surface area contributed by atoms with Crippen molar-refractivity contribution in [2.24, 2.45) is 0 Å². The van der Waals surface area contributed by atoms with Crippen LogP contribution in [0.3, 0.4) is 0 Å². The third-order valence-corrected chi connectivity index (χ3v) is 18.6. The standard InChI is InChI=1S/C38H49NOPSSi.BrH/c1-30(24-25-37(40-43(7,8)38(4,5)6)31(2)28-33-29-42-32(3)39-33)26-27-41(34-18-12-9-13-19-34,35-20-14-10-15-21-35)36-22-16-11-17-23-36;/h9-24,28-29,37H,25-27H2,1-8H3;1H/q+1;/p-1/b30-24-,31-28+;/t37-;/m0./s1. The van der Waals surface area contributed by atoms with Gasteiger partial charge in [-0.1, -0.05) is 87.0 Å². The van der Waals surface area contributed by atoms with Crippen molar-refractivity contribution in [3.63, 3.8) is 0 Å². The van der Waals surface area contributed by atoms with Crippen LogP contribution in [0.15, 0.2) is 114 Å². The Hall–Kier alpha value is -2.14. The molecule has 234 valence electrons. The lowest BCUT2D eigenvalue weighted by Gasteiger charge is -2.39. The normalized spacial score (nSPS) is 13.8. The van der Waals surface area contributed by atoms with Gasteiger partial charge in [0.2, 0.25) is 0 Å². The maximum absolute atomic E-state index is 7.06. The highest BCUT2D eigenvalue weighted by Gasteiger charge is 2.44. The minimum atomic E-state index is -1.98. The summed E-state index contributed by atoms with van der Waals surface area (Å²) in [6.07, 6.45) is 7.70. The Morgan fingerprint density at radius 3 is 1.75 bits per heavy atom. The van der Waals surface area contributed by atoms with E-state index in [1.807, 2.05) is 0 Å². The van der Waals surface area contributed by atoms with E-state index in [-0.39, 0.29) is 28.1 Å². The molecule has 4 rings (SSSR count). The van der Waals surface area contributed by atoms with E-state index >= 15 is 0 Å². The topological polar surface area (TPSA) is 22.1 Å². The Morgan fingerprint density at radius 1 is 0.864 bits per heavy atom. The van der Waals surface area contributed by atoms with Crippen LogP contribution in [-0.2, 0) is 4.43 Å². The molecule has 0 N–H and O–H groups in total. The molecule has 1 heterocycles. The largest absolute Gasteiger partial charge is 1.00 e. The predicted octanol–water partition coefficient (Wildman–Crippen LogP) is 6.97. The van der Waals surface area contributed by atoms with E-state index in [2.05, 4.69) is 163 Å². The van der Waals surface area contributed by atoms with Crippen LogP contribution in [0.1, 0.15) is 58.2 Å². The maximum atomic E-state index is 7.06. The van der Waals surface area contributed by atoms with Gasteiger partial charge in [-0.15, -0.1) is 11.3 Å². The zero-order valence-electron chi connectivity index (χ0n) is 27.7. The number of allylic oxidation sites excluding steroid dienone is 1. The van der Waals surface area contributed by atoms with Gasteiger partial charge >= 0.3 is 0 Å². The summed E-state index contributed by atoms with van der Waals surface area (Å²) < 4.78 is 7.06. The second-order valence-corrected chi connectivity index (χ2v) is 22.6. The Bertz CT molecular complexity index is 1410. The van der Waals surface area contributed by atoms with E-state index in [0.29, 0.717) is 0 Å². The van der Waals surface area contributed by atoms with E-state index in [1.54, 1.807) is 11.3 Å². The number of hydrogen-bond acceptors (Lipinski definition) is 3. The Morgan fingerprint density at radius 2 is 1.34 bits per heavy atom. The molecule has 0 fully saturated rings. The number of aromatic nitrogens is 1. The molecule has 0 spiro atoms. The van der Waals surface area contributed by atoms with Gasteiger partial charge in [0.1, 0.15) is 23.2 Å². The summed E-state index contributed by atoms with van der Waals surface area (Å²) in [5, 5.41) is 7.71. The number of nitrogens with zero attached hydrogens (tertiary/aromatic N) is 1. The molecule has 6 heteroatoms. The first-order valence-corrected chi connectivity index (χ1v) is 21.2. The van der Waals surface area contributed by atoms with Gasteiger partial charge in [-0.05, 0) is 93.4 Å². The molecule has 0 radical (unpaired) electrons. The number of thiazole rings is 1. The molecule has 0 aliphatic rings. The fourth-order valence-electron chi connectivity index (χ4n) is 5.27. The van der Waals surface area contributed by atoms with Gasteiger partial charge in [-0.25, -0.2) is 4.98 Å². The minimum Gasteiger partial charge on any atom is -1.00 e. The minimum absolute atomic E-state index is 0. The Labute approximate surface area is 283 Å². The molecular weight excluding hydrogens is 657 g/mol. The summed E-state index contributed by atoms with van der Waals surface area (Å²) in [7, 11) is -3.83. The van der Waals surface area contributed by atoms with Gasteiger partial charge in [0.25, 0.3) is 0 Å². The summed E-state index contributed by atoms with van der Waals surface area (Å²) in [5.41, 5.74) is 3.71. The lowest BCUT2D eigenvalue weighted by molar-refractivity contribution is -0.0000102. The highest BCUT2D eigenvalue weighted by atomic mass is 79.9. The van der Waals surface area contributed by atoms with Crippen molar-refractivity contribution < 1.29 is 21.4 Å². The summed E-state index contributed by atoms with van der Waals surface area (Å²) in [6, 6.07) is 33.6. The molecule has 4 aromatic rings. The van der Waals surface area contributed by atoms with Crippen LogP contribution < -0.4 is 32.9 Å². The third kappa shape index (κ3) is 8.98.